The molecule has 2 aliphatic rings. The summed E-state index contributed by atoms with van der Waals surface area (Å²) in [6.45, 7) is 5.85. The molecule has 0 N–H and O–H groups in total. The van der Waals surface area contributed by atoms with Gasteiger partial charge in [0, 0.05) is 6.21 Å². The molecule has 1 saturated carbocycles. The van der Waals surface area contributed by atoms with E-state index >= 15 is 0 Å². The van der Waals surface area contributed by atoms with Crippen molar-refractivity contribution in [2.24, 2.45) is 16.9 Å². The van der Waals surface area contributed by atoms with Gasteiger partial charge in [0.25, 0.3) is 0 Å². The molecule has 68 valence electrons. The van der Waals surface area contributed by atoms with Crippen LogP contribution in [0.15, 0.2) is 5.10 Å². The number of hydrogen-bond acceptors (Lipinski definition) is 3. The number of hydrogen-bond donors (Lipinski definition) is 0. The standard InChI is InChI=1S/C9H16N2O/c1-8-6-9(8)7-10-11-2-4-12-5-3-11/h7-9H,2-6H2,1H3/b10-7+. The van der Waals surface area contributed by atoms with Crippen LogP contribution in [-0.4, -0.2) is 37.5 Å². The van der Waals surface area contributed by atoms with Crippen LogP contribution in [0.5, 0.6) is 0 Å². The third-order valence-electron chi connectivity index (χ3n) is 2.58. The van der Waals surface area contributed by atoms with Gasteiger partial charge in [0.05, 0.1) is 26.3 Å². The van der Waals surface area contributed by atoms with E-state index in [1.807, 2.05) is 0 Å². The lowest BCUT2D eigenvalue weighted by Crippen LogP contribution is -2.32. The van der Waals surface area contributed by atoms with E-state index in [2.05, 4.69) is 23.2 Å². The van der Waals surface area contributed by atoms with Crippen molar-refractivity contribution in [2.45, 2.75) is 13.3 Å². The van der Waals surface area contributed by atoms with Gasteiger partial charge >= 0.3 is 0 Å². The molecule has 3 nitrogen and oxygen atoms in total. The van der Waals surface area contributed by atoms with Crippen molar-refractivity contribution in [1.29, 1.82) is 0 Å². The van der Waals surface area contributed by atoms with Gasteiger partial charge in [-0.3, -0.25) is 5.01 Å². The van der Waals surface area contributed by atoms with E-state index in [0.717, 1.165) is 38.1 Å². The summed E-state index contributed by atoms with van der Waals surface area (Å²) in [7, 11) is 0. The predicted molar refractivity (Wildman–Crippen MR) is 48.2 cm³/mol. The summed E-state index contributed by atoms with van der Waals surface area (Å²) in [6.07, 6.45) is 3.43. The van der Waals surface area contributed by atoms with E-state index in [9.17, 15) is 0 Å². The van der Waals surface area contributed by atoms with Crippen molar-refractivity contribution < 1.29 is 4.74 Å². The second-order valence-corrected chi connectivity index (χ2v) is 3.71. The molecule has 1 heterocycles. The zero-order valence-electron chi connectivity index (χ0n) is 7.57. The summed E-state index contributed by atoms with van der Waals surface area (Å²) in [5.74, 6) is 1.63. The maximum absolute atomic E-state index is 5.23. The fourth-order valence-corrected chi connectivity index (χ4v) is 1.41. The molecular formula is C9H16N2O. The van der Waals surface area contributed by atoms with Gasteiger partial charge in [0.2, 0.25) is 0 Å². The van der Waals surface area contributed by atoms with E-state index in [1.54, 1.807) is 0 Å². The predicted octanol–water partition coefficient (Wildman–Crippen LogP) is 0.960. The highest BCUT2D eigenvalue weighted by atomic mass is 16.5. The van der Waals surface area contributed by atoms with Gasteiger partial charge in [0.15, 0.2) is 0 Å². The van der Waals surface area contributed by atoms with Gasteiger partial charge in [-0.15, -0.1) is 0 Å². The summed E-state index contributed by atoms with van der Waals surface area (Å²) >= 11 is 0. The number of hydrazone groups is 1. The van der Waals surface area contributed by atoms with Gasteiger partial charge in [-0.1, -0.05) is 6.92 Å². The summed E-state index contributed by atoms with van der Waals surface area (Å²) in [6, 6.07) is 0. The zero-order valence-corrected chi connectivity index (χ0v) is 7.57. The highest BCUT2D eigenvalue weighted by Gasteiger charge is 2.30. The van der Waals surface area contributed by atoms with Crippen molar-refractivity contribution in [3.63, 3.8) is 0 Å². The molecule has 1 aliphatic carbocycles. The lowest BCUT2D eigenvalue weighted by Gasteiger charge is -2.23. The maximum atomic E-state index is 5.23. The van der Waals surface area contributed by atoms with Crippen LogP contribution in [0.25, 0.3) is 0 Å². The molecule has 2 fully saturated rings. The highest BCUT2D eigenvalue weighted by molar-refractivity contribution is 5.64. The van der Waals surface area contributed by atoms with E-state index < -0.39 is 0 Å². The van der Waals surface area contributed by atoms with Crippen LogP contribution < -0.4 is 0 Å². The summed E-state index contributed by atoms with van der Waals surface area (Å²) in [4.78, 5) is 0. The molecule has 2 unspecified atom stereocenters. The molecule has 0 amide bonds. The normalized spacial score (nSPS) is 35.9. The Balaban J connectivity index is 1.73. The minimum absolute atomic E-state index is 0.757. The van der Waals surface area contributed by atoms with E-state index in [-0.39, 0.29) is 0 Å². The Bertz CT molecular complexity index is 175. The summed E-state index contributed by atoms with van der Waals surface area (Å²) in [5.41, 5.74) is 0. The molecule has 2 rings (SSSR count). The van der Waals surface area contributed by atoms with E-state index in [0.29, 0.717) is 0 Å². The van der Waals surface area contributed by atoms with Crippen molar-refractivity contribution in [3.05, 3.63) is 0 Å². The average Bonchev–Trinajstić information content (AvgIpc) is 2.81. The lowest BCUT2D eigenvalue weighted by molar-refractivity contribution is 0.0395. The fourth-order valence-electron chi connectivity index (χ4n) is 1.41. The first-order valence-corrected chi connectivity index (χ1v) is 4.73. The highest BCUT2D eigenvalue weighted by Crippen LogP contribution is 2.35. The Labute approximate surface area is 73.4 Å². The number of rotatable bonds is 2. The van der Waals surface area contributed by atoms with E-state index in [1.165, 1.54) is 6.42 Å². The van der Waals surface area contributed by atoms with Crippen LogP contribution >= 0.6 is 0 Å². The molecule has 0 aromatic carbocycles. The van der Waals surface area contributed by atoms with Crippen LogP contribution in [0.1, 0.15) is 13.3 Å². The maximum Gasteiger partial charge on any atom is 0.0659 e. The van der Waals surface area contributed by atoms with Crippen molar-refractivity contribution in [1.82, 2.24) is 5.01 Å². The minimum atomic E-state index is 0.757. The van der Waals surface area contributed by atoms with Gasteiger partial charge in [-0.25, -0.2) is 0 Å². The fraction of sp³-hybridized carbons (Fsp3) is 0.889. The SMILES string of the molecule is CC1CC1/C=N/N1CCOCC1. The average molecular weight is 168 g/mol. The van der Waals surface area contributed by atoms with Gasteiger partial charge in [0.1, 0.15) is 0 Å². The lowest BCUT2D eigenvalue weighted by atomic mass is 10.4. The van der Waals surface area contributed by atoms with Crippen molar-refractivity contribution >= 4 is 6.21 Å². The molecule has 1 saturated heterocycles. The minimum Gasteiger partial charge on any atom is -0.378 e. The van der Waals surface area contributed by atoms with Gasteiger partial charge in [-0.2, -0.15) is 5.10 Å². The first kappa shape index (κ1) is 8.05. The molecule has 2 atom stereocenters. The molecular weight excluding hydrogens is 152 g/mol. The first-order chi connectivity index (χ1) is 5.86. The number of ether oxygens (including phenoxy) is 1. The summed E-state index contributed by atoms with van der Waals surface area (Å²) < 4.78 is 5.23. The first-order valence-electron chi connectivity index (χ1n) is 4.73. The Morgan fingerprint density at radius 1 is 1.42 bits per heavy atom. The number of morpholine rings is 1. The third kappa shape index (κ3) is 1.97. The molecule has 0 radical (unpaired) electrons. The topological polar surface area (TPSA) is 24.8 Å². The van der Waals surface area contributed by atoms with Crippen LogP contribution in [0, 0.1) is 11.8 Å². The summed E-state index contributed by atoms with van der Waals surface area (Å²) in [5, 5.41) is 6.53. The molecule has 0 aromatic heterocycles. The van der Waals surface area contributed by atoms with Crippen molar-refractivity contribution in [2.75, 3.05) is 26.3 Å². The molecule has 0 bridgehead atoms. The quantitative estimate of drug-likeness (QED) is 0.574. The molecule has 12 heavy (non-hydrogen) atoms. The molecule has 0 spiro atoms. The van der Waals surface area contributed by atoms with Crippen molar-refractivity contribution in [3.8, 4) is 0 Å². The van der Waals surface area contributed by atoms with E-state index in [4.69, 9.17) is 4.74 Å². The Morgan fingerprint density at radius 3 is 2.67 bits per heavy atom. The Hall–Kier alpha value is -0.570. The van der Waals surface area contributed by atoms with Crippen LogP contribution in [-0.2, 0) is 4.74 Å². The van der Waals surface area contributed by atoms with Crippen LogP contribution in [0.4, 0.5) is 0 Å². The second kappa shape index (κ2) is 3.44. The van der Waals surface area contributed by atoms with Gasteiger partial charge in [-0.05, 0) is 18.3 Å². The monoisotopic (exact) mass is 168 g/mol. The Kier molecular flexibility index (Phi) is 2.30. The smallest absolute Gasteiger partial charge is 0.0659 e. The number of nitrogens with zero attached hydrogens (tertiary/aromatic N) is 2. The van der Waals surface area contributed by atoms with Gasteiger partial charge < -0.3 is 4.74 Å². The van der Waals surface area contributed by atoms with Crippen LogP contribution in [0.3, 0.4) is 0 Å². The third-order valence-corrected chi connectivity index (χ3v) is 2.58. The molecule has 3 heteroatoms. The Morgan fingerprint density at radius 2 is 2.08 bits per heavy atom. The zero-order chi connectivity index (χ0) is 8.39. The second-order valence-electron chi connectivity index (χ2n) is 3.71. The molecule has 1 aliphatic heterocycles. The molecule has 0 aromatic rings. The largest absolute Gasteiger partial charge is 0.378 e. The van der Waals surface area contributed by atoms with Crippen LogP contribution in [0.2, 0.25) is 0 Å².